The smallest absolute Gasteiger partial charge is 0.0929 e. The van der Waals surface area contributed by atoms with E-state index < -0.39 is 0 Å². The van der Waals surface area contributed by atoms with Gasteiger partial charge in [0.2, 0.25) is 0 Å². The Hall–Kier alpha value is -7.66. The summed E-state index contributed by atoms with van der Waals surface area (Å²) in [5, 5.41) is 9.81. The van der Waals surface area contributed by atoms with Crippen LogP contribution in [0.1, 0.15) is 106 Å². The summed E-state index contributed by atoms with van der Waals surface area (Å²) in [5.41, 5.74) is 20.2. The van der Waals surface area contributed by atoms with Gasteiger partial charge in [-0.3, -0.25) is 0 Å². The summed E-state index contributed by atoms with van der Waals surface area (Å²) < 4.78 is 4.75. The minimum absolute atomic E-state index is 0.0684. The number of allylic oxidation sites excluding steroid dienone is 4. The van der Waals surface area contributed by atoms with Crippen LogP contribution in [0.25, 0.3) is 55.5 Å². The summed E-state index contributed by atoms with van der Waals surface area (Å²) in [6, 6.07) is 51.5. The summed E-state index contributed by atoms with van der Waals surface area (Å²) in [5.74, 6) is 13.8. The van der Waals surface area contributed by atoms with E-state index in [-0.39, 0.29) is 6.04 Å². The van der Waals surface area contributed by atoms with Crippen LogP contribution in [0.3, 0.4) is 0 Å². The van der Waals surface area contributed by atoms with Gasteiger partial charge >= 0.3 is 0 Å². The lowest BCUT2D eigenvalue weighted by molar-refractivity contribution is 0.843. The van der Waals surface area contributed by atoms with Gasteiger partial charge in [-0.1, -0.05) is 143 Å². The highest BCUT2D eigenvalue weighted by atomic mass is 15.0. The molecular formula is C63H60N4. The quantitative estimate of drug-likeness (QED) is 0.163. The summed E-state index contributed by atoms with van der Waals surface area (Å²) >= 11 is 0. The van der Waals surface area contributed by atoms with E-state index >= 15 is 0 Å². The van der Waals surface area contributed by atoms with Crippen LogP contribution < -0.4 is 10.6 Å². The van der Waals surface area contributed by atoms with E-state index in [9.17, 15) is 0 Å². The molecule has 0 spiro atoms. The molecule has 2 aliphatic heterocycles. The van der Waals surface area contributed by atoms with Gasteiger partial charge in [0.05, 0.1) is 22.8 Å². The van der Waals surface area contributed by atoms with Crippen LogP contribution in [-0.2, 0) is 6.42 Å². The monoisotopic (exact) mass is 872 g/mol. The van der Waals surface area contributed by atoms with E-state index in [0.29, 0.717) is 0 Å². The predicted molar refractivity (Wildman–Crippen MR) is 286 cm³/mol. The zero-order valence-electron chi connectivity index (χ0n) is 39.8. The van der Waals surface area contributed by atoms with Crippen molar-refractivity contribution in [3.05, 3.63) is 209 Å². The van der Waals surface area contributed by atoms with Crippen molar-refractivity contribution in [3.8, 4) is 40.5 Å². The average molecular weight is 873 g/mol. The molecule has 0 fully saturated rings. The fraction of sp³-hybridized carbons (Fsp3) is 0.206. The van der Waals surface area contributed by atoms with E-state index in [4.69, 9.17) is 0 Å². The van der Waals surface area contributed by atoms with Gasteiger partial charge in [-0.05, 0) is 144 Å². The first-order valence-electron chi connectivity index (χ1n) is 24.3. The van der Waals surface area contributed by atoms with E-state index in [2.05, 4.69) is 215 Å². The molecule has 4 heterocycles. The third-order valence-electron chi connectivity index (χ3n) is 13.0. The molecule has 2 aromatic heterocycles. The molecule has 11 rings (SSSR count). The molecule has 0 saturated heterocycles. The molecule has 0 amide bonds. The summed E-state index contributed by atoms with van der Waals surface area (Å²) in [6.45, 7) is 13.4. The van der Waals surface area contributed by atoms with Crippen LogP contribution >= 0.6 is 0 Å². The SMILES string of the molecule is CC.CC.CC1=C(c2ccc(C3=CCNC=C3)cc2)c2cc(-c3ccc4c(c3)c3ccccc3n4C3=CCCCC#C3)ccc2NC1c1ccc2c(n(-c3ccccc3)c(C)cc1)CCC#C2. The average Bonchev–Trinajstić information content (AvgIpc) is 3.51. The summed E-state index contributed by atoms with van der Waals surface area (Å²) in [7, 11) is 0. The zero-order valence-corrected chi connectivity index (χ0v) is 39.8. The normalized spacial score (nSPS) is 15.4. The van der Waals surface area contributed by atoms with Crippen molar-refractivity contribution >= 4 is 44.3 Å². The van der Waals surface area contributed by atoms with Gasteiger partial charge in [0, 0.05) is 70.5 Å². The number of aromatic nitrogens is 2. The number of anilines is 1. The third kappa shape index (κ3) is 8.77. The lowest BCUT2D eigenvalue weighted by Crippen LogP contribution is -2.19. The number of para-hydroxylation sites is 2. The molecule has 332 valence electrons. The fourth-order valence-electron chi connectivity index (χ4n) is 9.87. The Morgan fingerprint density at radius 1 is 0.612 bits per heavy atom. The first-order chi connectivity index (χ1) is 33.1. The van der Waals surface area contributed by atoms with Crippen LogP contribution in [0.15, 0.2) is 170 Å². The van der Waals surface area contributed by atoms with E-state index in [0.717, 1.165) is 67.0 Å². The summed E-state index contributed by atoms with van der Waals surface area (Å²) in [4.78, 5) is 0. The van der Waals surface area contributed by atoms with Gasteiger partial charge in [0.15, 0.2) is 0 Å². The number of rotatable bonds is 6. The number of fused-ring (bicyclic) bond motifs is 5. The van der Waals surface area contributed by atoms with Crippen LogP contribution in [0, 0.1) is 30.6 Å². The highest BCUT2D eigenvalue weighted by Gasteiger charge is 2.27. The van der Waals surface area contributed by atoms with Gasteiger partial charge in [-0.2, -0.15) is 0 Å². The number of benzene rings is 5. The predicted octanol–water partition coefficient (Wildman–Crippen LogP) is 15.6. The van der Waals surface area contributed by atoms with Crippen molar-refractivity contribution in [1.29, 1.82) is 0 Å². The number of hydrogen-bond donors (Lipinski definition) is 2. The Balaban J connectivity index is 0.00000137. The van der Waals surface area contributed by atoms with Crippen molar-refractivity contribution in [2.75, 3.05) is 11.9 Å². The molecule has 0 bridgehead atoms. The molecular weight excluding hydrogens is 813 g/mol. The number of nitrogens with one attached hydrogen (secondary N) is 2. The highest BCUT2D eigenvalue weighted by molar-refractivity contribution is 6.12. The van der Waals surface area contributed by atoms with Crippen molar-refractivity contribution in [2.24, 2.45) is 0 Å². The topological polar surface area (TPSA) is 33.9 Å². The number of hydrogen-bond acceptors (Lipinski definition) is 2. The van der Waals surface area contributed by atoms with Gasteiger partial charge < -0.3 is 19.8 Å². The second-order valence-electron chi connectivity index (χ2n) is 16.9. The second-order valence-corrected chi connectivity index (χ2v) is 16.9. The molecule has 0 radical (unpaired) electrons. The van der Waals surface area contributed by atoms with Crippen molar-refractivity contribution in [3.63, 3.8) is 0 Å². The third-order valence-corrected chi connectivity index (χ3v) is 13.0. The largest absolute Gasteiger partial charge is 0.387 e. The lowest BCUT2D eigenvalue weighted by atomic mass is 9.82. The maximum absolute atomic E-state index is 4.03. The lowest BCUT2D eigenvalue weighted by Gasteiger charge is -2.32. The molecule has 67 heavy (non-hydrogen) atoms. The van der Waals surface area contributed by atoms with Gasteiger partial charge in [-0.25, -0.2) is 0 Å². The maximum atomic E-state index is 4.03. The highest BCUT2D eigenvalue weighted by Crippen LogP contribution is 2.45. The molecule has 0 saturated carbocycles. The van der Waals surface area contributed by atoms with Gasteiger partial charge in [0.25, 0.3) is 0 Å². The van der Waals surface area contributed by atoms with Gasteiger partial charge in [-0.15, -0.1) is 0 Å². The Labute approximate surface area is 397 Å². The van der Waals surface area contributed by atoms with E-state index in [1.54, 1.807) is 0 Å². The first kappa shape index (κ1) is 44.5. The molecule has 7 aromatic rings. The molecule has 2 N–H and O–H groups in total. The van der Waals surface area contributed by atoms with Crippen LogP contribution in [0.2, 0.25) is 0 Å². The minimum Gasteiger partial charge on any atom is -0.387 e. The van der Waals surface area contributed by atoms with E-state index in [1.807, 2.05) is 33.9 Å². The molecule has 1 unspecified atom stereocenters. The molecule has 4 nitrogen and oxygen atoms in total. The molecule has 2 aliphatic carbocycles. The minimum atomic E-state index is -0.0684. The van der Waals surface area contributed by atoms with Crippen LogP contribution in [0.4, 0.5) is 5.69 Å². The Morgan fingerprint density at radius 3 is 2.15 bits per heavy atom. The molecule has 4 aliphatic rings. The Bertz CT molecular complexity index is 3300. The number of dihydropyridines is 1. The Morgan fingerprint density at radius 2 is 1.33 bits per heavy atom. The molecule has 4 heteroatoms. The van der Waals surface area contributed by atoms with Crippen molar-refractivity contribution in [2.45, 2.75) is 79.7 Å². The van der Waals surface area contributed by atoms with E-state index in [1.165, 1.54) is 77.6 Å². The maximum Gasteiger partial charge on any atom is 0.0929 e. The standard InChI is InChI=1S/C59H48N4.2C2H6/c1-40-22-23-46(29-26-44-14-10-12-20-55(44)62(40)49-15-8-5-9-16-49)59-41(2)58(45-27-24-42(25-28-45)43-34-36-60-37-35-43)53-39-47(30-32-54(53)61-59)48-31-33-57-52(38-48)51-19-11-13-21-56(51)63(57)50-17-6-3-4-7-18-50;2*1-2/h5,8-9,11,13,15-17,19,21-36,38-39,59-61H,3-4,6,12,20,37H2,1-2H3;2*1-2H3. The van der Waals surface area contributed by atoms with Crippen LogP contribution in [-0.4, -0.2) is 15.7 Å². The summed E-state index contributed by atoms with van der Waals surface area (Å²) in [6.07, 6.45) is 13.6. The number of nitrogens with zero attached hydrogens (tertiary/aromatic N) is 2. The number of aryl methyl sites for hydroxylation is 1. The van der Waals surface area contributed by atoms with Crippen LogP contribution in [0.5, 0.6) is 0 Å². The first-order valence-corrected chi connectivity index (χ1v) is 24.3. The Kier molecular flexibility index (Phi) is 13.5. The fourth-order valence-corrected chi connectivity index (χ4v) is 9.87. The van der Waals surface area contributed by atoms with Crippen molar-refractivity contribution < 1.29 is 0 Å². The zero-order chi connectivity index (χ0) is 46.3. The second kappa shape index (κ2) is 20.2. The molecule has 5 aromatic carbocycles. The molecule has 1 atom stereocenters. The van der Waals surface area contributed by atoms with Crippen molar-refractivity contribution in [1.82, 2.24) is 14.5 Å². The van der Waals surface area contributed by atoms with Gasteiger partial charge in [0.1, 0.15) is 0 Å².